The molecule has 0 aliphatic carbocycles. The number of halogens is 1. The number of benzene rings is 2. The zero-order chi connectivity index (χ0) is 13.8. The van der Waals surface area contributed by atoms with E-state index < -0.39 is 0 Å². The van der Waals surface area contributed by atoms with Gasteiger partial charge in [0.2, 0.25) is 0 Å². The summed E-state index contributed by atoms with van der Waals surface area (Å²) in [5.74, 6) is -0.144. The van der Waals surface area contributed by atoms with Crippen LogP contribution in [-0.4, -0.2) is 6.04 Å². The summed E-state index contributed by atoms with van der Waals surface area (Å²) in [6.45, 7) is 3.85. The van der Waals surface area contributed by atoms with Crippen LogP contribution in [0.2, 0.25) is 0 Å². The molecule has 2 nitrogen and oxygen atoms in total. The molecular formula is C16H18FNO. The minimum Gasteiger partial charge on any atom is -0.481 e. The summed E-state index contributed by atoms with van der Waals surface area (Å²) >= 11 is 0. The first kappa shape index (κ1) is 13.6. The second-order valence-corrected chi connectivity index (χ2v) is 4.68. The quantitative estimate of drug-likeness (QED) is 0.910. The van der Waals surface area contributed by atoms with Crippen LogP contribution in [0.15, 0.2) is 48.5 Å². The number of para-hydroxylation sites is 1. The second-order valence-electron chi connectivity index (χ2n) is 4.68. The minimum atomic E-state index is -0.373. The molecule has 0 aliphatic rings. The van der Waals surface area contributed by atoms with Gasteiger partial charge in [-0.1, -0.05) is 36.4 Å². The molecule has 2 rings (SSSR count). The maximum Gasteiger partial charge on any atom is 0.165 e. The molecule has 2 atom stereocenters. The van der Waals surface area contributed by atoms with Crippen LogP contribution >= 0.6 is 0 Å². The number of ether oxygens (including phenoxy) is 1. The molecule has 0 spiro atoms. The van der Waals surface area contributed by atoms with Crippen molar-refractivity contribution in [3.8, 4) is 5.75 Å². The normalized spacial score (nSPS) is 13.9. The van der Waals surface area contributed by atoms with Gasteiger partial charge in [0.25, 0.3) is 0 Å². The van der Waals surface area contributed by atoms with Gasteiger partial charge in [0, 0.05) is 6.04 Å². The van der Waals surface area contributed by atoms with Crippen molar-refractivity contribution in [3.05, 3.63) is 65.5 Å². The molecule has 0 saturated carbocycles. The zero-order valence-corrected chi connectivity index (χ0v) is 11.1. The molecule has 2 N–H and O–H groups in total. The molecule has 19 heavy (non-hydrogen) atoms. The van der Waals surface area contributed by atoms with E-state index in [0.717, 1.165) is 11.1 Å². The lowest BCUT2D eigenvalue weighted by molar-refractivity contribution is 0.172. The lowest BCUT2D eigenvalue weighted by Crippen LogP contribution is -2.29. The Morgan fingerprint density at radius 2 is 1.68 bits per heavy atom. The zero-order valence-electron chi connectivity index (χ0n) is 11.1. The molecule has 0 heterocycles. The van der Waals surface area contributed by atoms with Crippen molar-refractivity contribution in [1.29, 1.82) is 0 Å². The predicted octanol–water partition coefficient (Wildman–Crippen LogP) is 3.60. The molecule has 100 valence electrons. The summed E-state index contributed by atoms with van der Waals surface area (Å²) < 4.78 is 19.4. The summed E-state index contributed by atoms with van der Waals surface area (Å²) in [5.41, 5.74) is 8.06. The van der Waals surface area contributed by atoms with Gasteiger partial charge in [0.15, 0.2) is 11.6 Å². The third kappa shape index (κ3) is 3.12. The van der Waals surface area contributed by atoms with Crippen LogP contribution in [0.3, 0.4) is 0 Å². The van der Waals surface area contributed by atoms with Crippen LogP contribution in [0.5, 0.6) is 5.75 Å². The highest BCUT2D eigenvalue weighted by Gasteiger charge is 2.21. The monoisotopic (exact) mass is 259 g/mol. The highest BCUT2D eigenvalue weighted by Crippen LogP contribution is 2.27. The van der Waals surface area contributed by atoms with E-state index >= 15 is 0 Å². The Hall–Kier alpha value is -1.87. The van der Waals surface area contributed by atoms with E-state index in [4.69, 9.17) is 10.5 Å². The molecule has 2 aromatic carbocycles. The van der Waals surface area contributed by atoms with E-state index in [0.29, 0.717) is 0 Å². The van der Waals surface area contributed by atoms with Crippen molar-refractivity contribution in [2.24, 2.45) is 5.73 Å². The molecule has 0 aliphatic heterocycles. The van der Waals surface area contributed by atoms with E-state index in [1.165, 1.54) is 6.07 Å². The van der Waals surface area contributed by atoms with Crippen molar-refractivity contribution in [1.82, 2.24) is 0 Å². The van der Waals surface area contributed by atoms with Crippen LogP contribution < -0.4 is 10.5 Å². The number of rotatable bonds is 4. The first-order chi connectivity index (χ1) is 9.09. The predicted molar refractivity (Wildman–Crippen MR) is 74.6 cm³/mol. The Bertz CT molecular complexity index is 554. The van der Waals surface area contributed by atoms with Gasteiger partial charge in [-0.2, -0.15) is 0 Å². The van der Waals surface area contributed by atoms with Gasteiger partial charge in [-0.25, -0.2) is 4.39 Å². The smallest absolute Gasteiger partial charge is 0.165 e. The lowest BCUT2D eigenvalue weighted by Gasteiger charge is -2.24. The molecule has 0 bridgehead atoms. The molecule has 0 amide bonds. The first-order valence-electron chi connectivity index (χ1n) is 6.32. The summed E-state index contributed by atoms with van der Waals surface area (Å²) in [7, 11) is 0. The molecular weight excluding hydrogens is 241 g/mol. The Balaban J connectivity index is 2.33. The molecule has 0 fully saturated rings. The number of aryl methyl sites for hydroxylation is 1. The second kappa shape index (κ2) is 5.85. The van der Waals surface area contributed by atoms with Gasteiger partial charge in [0.05, 0.1) is 0 Å². The summed E-state index contributed by atoms with van der Waals surface area (Å²) in [5, 5.41) is 0. The minimum absolute atomic E-state index is 0.230. The molecule has 3 heteroatoms. The fourth-order valence-corrected chi connectivity index (χ4v) is 2.04. The van der Waals surface area contributed by atoms with E-state index in [-0.39, 0.29) is 23.7 Å². The summed E-state index contributed by atoms with van der Waals surface area (Å²) in [6.07, 6.45) is -0.363. The standard InChI is InChI=1S/C16H18FNO/c1-11-7-3-4-8-13(11)16(12(2)18)19-15-10-6-5-9-14(15)17/h3-10,12,16H,18H2,1-2H3. The fourth-order valence-electron chi connectivity index (χ4n) is 2.04. The van der Waals surface area contributed by atoms with Crippen molar-refractivity contribution in [3.63, 3.8) is 0 Å². The van der Waals surface area contributed by atoms with Gasteiger partial charge < -0.3 is 10.5 Å². The SMILES string of the molecule is Cc1ccccc1C(Oc1ccccc1F)C(C)N. The molecule has 0 saturated heterocycles. The Morgan fingerprint density at radius 3 is 2.32 bits per heavy atom. The van der Waals surface area contributed by atoms with Crippen LogP contribution in [-0.2, 0) is 0 Å². The van der Waals surface area contributed by atoms with Crippen LogP contribution in [0, 0.1) is 12.7 Å². The molecule has 0 radical (unpaired) electrons. The largest absolute Gasteiger partial charge is 0.481 e. The average Bonchev–Trinajstić information content (AvgIpc) is 2.38. The van der Waals surface area contributed by atoms with E-state index in [1.54, 1.807) is 18.2 Å². The van der Waals surface area contributed by atoms with Gasteiger partial charge in [-0.3, -0.25) is 0 Å². The Labute approximate surface area is 113 Å². The van der Waals surface area contributed by atoms with Crippen LogP contribution in [0.25, 0.3) is 0 Å². The van der Waals surface area contributed by atoms with Crippen molar-refractivity contribution in [2.45, 2.75) is 26.0 Å². The van der Waals surface area contributed by atoms with Crippen molar-refractivity contribution in [2.75, 3.05) is 0 Å². The average molecular weight is 259 g/mol. The van der Waals surface area contributed by atoms with E-state index in [1.807, 2.05) is 38.1 Å². The van der Waals surface area contributed by atoms with E-state index in [9.17, 15) is 4.39 Å². The highest BCUT2D eigenvalue weighted by atomic mass is 19.1. The molecule has 2 aromatic rings. The number of nitrogens with two attached hydrogens (primary N) is 1. The van der Waals surface area contributed by atoms with Gasteiger partial charge in [-0.05, 0) is 37.1 Å². The van der Waals surface area contributed by atoms with Gasteiger partial charge >= 0.3 is 0 Å². The number of hydrogen-bond acceptors (Lipinski definition) is 2. The van der Waals surface area contributed by atoms with Gasteiger partial charge in [-0.15, -0.1) is 0 Å². The fraction of sp³-hybridized carbons (Fsp3) is 0.250. The van der Waals surface area contributed by atoms with E-state index in [2.05, 4.69) is 0 Å². The van der Waals surface area contributed by atoms with Crippen LogP contribution in [0.4, 0.5) is 4.39 Å². The highest BCUT2D eigenvalue weighted by molar-refractivity contribution is 5.31. The summed E-state index contributed by atoms with van der Waals surface area (Å²) in [4.78, 5) is 0. The molecule has 0 aromatic heterocycles. The lowest BCUT2D eigenvalue weighted by atomic mass is 9.99. The summed E-state index contributed by atoms with van der Waals surface area (Å²) in [6, 6.07) is 14.0. The topological polar surface area (TPSA) is 35.2 Å². The maximum atomic E-state index is 13.7. The maximum absolute atomic E-state index is 13.7. The third-order valence-electron chi connectivity index (χ3n) is 3.06. The Morgan fingerprint density at radius 1 is 1.05 bits per heavy atom. The van der Waals surface area contributed by atoms with Crippen molar-refractivity contribution >= 4 is 0 Å². The first-order valence-corrected chi connectivity index (χ1v) is 6.32. The Kier molecular flexibility index (Phi) is 4.17. The third-order valence-corrected chi connectivity index (χ3v) is 3.06. The van der Waals surface area contributed by atoms with Crippen molar-refractivity contribution < 1.29 is 9.13 Å². The number of hydrogen-bond donors (Lipinski definition) is 1. The van der Waals surface area contributed by atoms with Crippen LogP contribution in [0.1, 0.15) is 24.2 Å². The van der Waals surface area contributed by atoms with Gasteiger partial charge in [0.1, 0.15) is 6.10 Å². The molecule has 2 unspecified atom stereocenters.